The van der Waals surface area contributed by atoms with Gasteiger partial charge in [0, 0.05) is 66.2 Å². The maximum atomic E-state index is 14.2. The van der Waals surface area contributed by atoms with Crippen molar-refractivity contribution in [2.75, 3.05) is 66.7 Å². The number of benzene rings is 1. The Labute approximate surface area is 256 Å². The number of ether oxygens (including phenoxy) is 3. The second-order valence-electron chi connectivity index (χ2n) is 11.5. The number of hydrogen-bond donors (Lipinski definition) is 3. The van der Waals surface area contributed by atoms with Gasteiger partial charge in [-0.2, -0.15) is 0 Å². The number of nitrogens with zero attached hydrogens (tertiary/aromatic N) is 3. The van der Waals surface area contributed by atoms with Crippen LogP contribution in [0.5, 0.6) is 5.75 Å². The van der Waals surface area contributed by atoms with Crippen LogP contribution in [0.4, 0.5) is 0 Å². The number of carbonyl (C=O) groups is 3. The minimum Gasteiger partial charge on any atom is -0.497 e. The van der Waals surface area contributed by atoms with E-state index in [1.54, 1.807) is 16.9 Å². The lowest BCUT2D eigenvalue weighted by atomic mass is 9.82. The predicted molar refractivity (Wildman–Crippen MR) is 162 cm³/mol. The number of rotatable bonds is 8. The summed E-state index contributed by atoms with van der Waals surface area (Å²) in [4.78, 5) is 44.4. The van der Waals surface area contributed by atoms with Gasteiger partial charge in [0.1, 0.15) is 24.1 Å². The molecule has 0 aliphatic carbocycles. The standard InChI is InChI=1S/C31H52N4O8/c1-21(2)26-17-34(23(4)37)18-28(42-6)31(40)27(38)20-43-15-8-7-13-35(29(39)19-33(14-12-32)22(3)36)30(26)24-10-9-11-25(16-24)41-5/h9-11,16,21,26-28,30-31,38,40H,7-8,12-15,17-20,32H2,1-6H3/t26-,27+,28+,30-,31+/m1/s1. The summed E-state index contributed by atoms with van der Waals surface area (Å²) in [6, 6.07) is 7.06. The van der Waals surface area contributed by atoms with E-state index < -0.39 is 24.4 Å². The molecule has 0 bridgehead atoms. The molecule has 0 radical (unpaired) electrons. The molecule has 0 spiro atoms. The fourth-order valence-electron chi connectivity index (χ4n) is 5.50. The number of aliphatic hydroxyl groups excluding tert-OH is 2. The van der Waals surface area contributed by atoms with E-state index in [1.807, 2.05) is 38.1 Å². The van der Waals surface area contributed by atoms with E-state index in [-0.39, 0.29) is 68.9 Å². The molecule has 1 saturated heterocycles. The first-order valence-corrected chi connectivity index (χ1v) is 15.1. The lowest BCUT2D eigenvalue weighted by molar-refractivity contribution is -0.143. The molecule has 0 unspecified atom stereocenters. The highest BCUT2D eigenvalue weighted by atomic mass is 16.5. The third-order valence-corrected chi connectivity index (χ3v) is 8.10. The molecule has 1 aliphatic heterocycles. The summed E-state index contributed by atoms with van der Waals surface area (Å²) in [5.74, 6) is -0.345. The van der Waals surface area contributed by atoms with Gasteiger partial charge in [-0.15, -0.1) is 0 Å². The molecule has 5 atom stereocenters. The highest BCUT2D eigenvalue weighted by Gasteiger charge is 2.38. The molecule has 12 heteroatoms. The average molecular weight is 609 g/mol. The zero-order chi connectivity index (χ0) is 32.1. The molecule has 2 rings (SSSR count). The zero-order valence-corrected chi connectivity index (χ0v) is 26.6. The molecule has 1 aromatic rings. The van der Waals surface area contributed by atoms with Crippen LogP contribution in [0.3, 0.4) is 0 Å². The Kier molecular flexibility index (Phi) is 15.4. The van der Waals surface area contributed by atoms with E-state index in [0.29, 0.717) is 31.7 Å². The lowest BCUT2D eigenvalue weighted by Crippen LogP contribution is -2.52. The Bertz CT molecular complexity index is 1030. The highest BCUT2D eigenvalue weighted by Crippen LogP contribution is 2.37. The minimum absolute atomic E-state index is 0.00294. The molecule has 1 heterocycles. The minimum atomic E-state index is -1.28. The Balaban J connectivity index is 2.69. The number of methoxy groups -OCH3 is 2. The van der Waals surface area contributed by atoms with Crippen molar-refractivity contribution in [1.29, 1.82) is 0 Å². The molecule has 43 heavy (non-hydrogen) atoms. The van der Waals surface area contributed by atoms with E-state index in [1.165, 1.54) is 25.9 Å². The summed E-state index contributed by atoms with van der Waals surface area (Å²) in [7, 11) is 3.01. The monoisotopic (exact) mass is 608 g/mol. The summed E-state index contributed by atoms with van der Waals surface area (Å²) in [5, 5.41) is 21.4. The number of amides is 3. The Morgan fingerprint density at radius 2 is 1.86 bits per heavy atom. The van der Waals surface area contributed by atoms with Crippen molar-refractivity contribution in [3.05, 3.63) is 29.8 Å². The average Bonchev–Trinajstić information content (AvgIpc) is 2.97. The van der Waals surface area contributed by atoms with Gasteiger partial charge in [-0.25, -0.2) is 0 Å². The van der Waals surface area contributed by atoms with Crippen LogP contribution < -0.4 is 10.5 Å². The molecule has 244 valence electrons. The van der Waals surface area contributed by atoms with Gasteiger partial charge in [0.15, 0.2) is 0 Å². The van der Waals surface area contributed by atoms with Gasteiger partial charge >= 0.3 is 0 Å². The predicted octanol–water partition coefficient (Wildman–Crippen LogP) is 1.04. The second kappa shape index (κ2) is 18.1. The van der Waals surface area contributed by atoms with Crippen LogP contribution in [0, 0.1) is 11.8 Å². The number of nitrogens with two attached hydrogens (primary N) is 1. The second-order valence-corrected chi connectivity index (χ2v) is 11.5. The molecule has 1 fully saturated rings. The summed E-state index contributed by atoms with van der Waals surface area (Å²) in [6.07, 6.45) is -2.16. The van der Waals surface area contributed by atoms with Crippen molar-refractivity contribution in [3.63, 3.8) is 0 Å². The maximum absolute atomic E-state index is 14.2. The van der Waals surface area contributed by atoms with Gasteiger partial charge in [0.2, 0.25) is 17.7 Å². The SMILES string of the molecule is COc1cccc([C@@H]2[C@@H](C(C)C)CN(C(C)=O)C[C@H](OC)[C@@H](O)[C@@H](O)COCCCCN2C(=O)CN(CCN)C(C)=O)c1. The Hall–Kier alpha value is -2.77. The highest BCUT2D eigenvalue weighted by molar-refractivity contribution is 5.84. The third-order valence-electron chi connectivity index (χ3n) is 8.10. The van der Waals surface area contributed by atoms with Crippen LogP contribution in [0.15, 0.2) is 24.3 Å². The van der Waals surface area contributed by atoms with Crippen LogP contribution >= 0.6 is 0 Å². The van der Waals surface area contributed by atoms with E-state index in [0.717, 1.165) is 5.56 Å². The smallest absolute Gasteiger partial charge is 0.242 e. The molecule has 1 aromatic carbocycles. The van der Waals surface area contributed by atoms with E-state index in [2.05, 4.69) is 0 Å². The van der Waals surface area contributed by atoms with Crippen LogP contribution in [0.2, 0.25) is 0 Å². The molecular formula is C31H52N4O8. The van der Waals surface area contributed by atoms with E-state index in [9.17, 15) is 24.6 Å². The first-order valence-electron chi connectivity index (χ1n) is 15.1. The fourth-order valence-corrected chi connectivity index (χ4v) is 5.50. The third kappa shape index (κ3) is 10.7. The molecular weight excluding hydrogens is 556 g/mol. The van der Waals surface area contributed by atoms with Crippen molar-refractivity contribution < 1.29 is 38.8 Å². The van der Waals surface area contributed by atoms with Crippen molar-refractivity contribution in [2.45, 2.75) is 64.9 Å². The largest absolute Gasteiger partial charge is 0.497 e. The fraction of sp³-hybridized carbons (Fsp3) is 0.710. The van der Waals surface area contributed by atoms with Crippen LogP contribution in [0.1, 0.15) is 52.1 Å². The number of carbonyl (C=O) groups excluding carboxylic acids is 3. The number of aliphatic hydroxyl groups is 2. The Morgan fingerprint density at radius 1 is 1.14 bits per heavy atom. The molecule has 4 N–H and O–H groups in total. The number of hydrogen-bond acceptors (Lipinski definition) is 9. The molecule has 0 saturated carbocycles. The van der Waals surface area contributed by atoms with Gasteiger partial charge in [-0.1, -0.05) is 26.0 Å². The van der Waals surface area contributed by atoms with Gasteiger partial charge in [-0.3, -0.25) is 14.4 Å². The van der Waals surface area contributed by atoms with Crippen LogP contribution in [-0.4, -0.2) is 128 Å². The first-order chi connectivity index (χ1) is 20.4. The zero-order valence-electron chi connectivity index (χ0n) is 26.6. The molecule has 3 amide bonds. The molecule has 0 aromatic heterocycles. The van der Waals surface area contributed by atoms with Crippen molar-refractivity contribution >= 4 is 17.7 Å². The van der Waals surface area contributed by atoms with Crippen LogP contribution in [0.25, 0.3) is 0 Å². The van der Waals surface area contributed by atoms with Gasteiger partial charge < -0.3 is 44.9 Å². The van der Waals surface area contributed by atoms with Gasteiger partial charge in [0.05, 0.1) is 26.3 Å². The van der Waals surface area contributed by atoms with Crippen molar-refractivity contribution in [1.82, 2.24) is 14.7 Å². The van der Waals surface area contributed by atoms with Gasteiger partial charge in [-0.05, 0) is 36.5 Å². The Morgan fingerprint density at radius 3 is 2.44 bits per heavy atom. The topological polar surface area (TPSA) is 155 Å². The van der Waals surface area contributed by atoms with E-state index >= 15 is 0 Å². The first kappa shape index (κ1) is 36.4. The normalized spacial score (nSPS) is 24.7. The summed E-state index contributed by atoms with van der Waals surface area (Å²) >= 11 is 0. The summed E-state index contributed by atoms with van der Waals surface area (Å²) < 4.78 is 16.7. The maximum Gasteiger partial charge on any atom is 0.242 e. The van der Waals surface area contributed by atoms with E-state index in [4.69, 9.17) is 19.9 Å². The van der Waals surface area contributed by atoms with Crippen molar-refractivity contribution in [2.24, 2.45) is 17.6 Å². The van der Waals surface area contributed by atoms with Gasteiger partial charge in [0.25, 0.3) is 0 Å². The summed E-state index contributed by atoms with van der Waals surface area (Å²) in [5.41, 5.74) is 6.58. The van der Waals surface area contributed by atoms with Crippen molar-refractivity contribution in [3.8, 4) is 5.75 Å². The summed E-state index contributed by atoms with van der Waals surface area (Å²) in [6.45, 7) is 8.16. The molecule has 1 aliphatic rings. The quantitative estimate of drug-likeness (QED) is 0.393. The molecule has 12 nitrogen and oxygen atoms in total. The lowest BCUT2D eigenvalue weighted by Gasteiger charge is -2.42. The van der Waals surface area contributed by atoms with Crippen LogP contribution in [-0.2, 0) is 23.9 Å².